The minimum Gasteiger partial charge on any atom is -0.493 e. The van der Waals surface area contributed by atoms with Gasteiger partial charge in [-0.05, 0) is 31.4 Å². The van der Waals surface area contributed by atoms with Gasteiger partial charge in [-0.2, -0.15) is 8.78 Å². The third-order valence-corrected chi connectivity index (χ3v) is 3.84. The first-order chi connectivity index (χ1) is 12.0. The predicted molar refractivity (Wildman–Crippen MR) is 87.7 cm³/mol. The van der Waals surface area contributed by atoms with Crippen LogP contribution in [0.5, 0.6) is 11.5 Å². The lowest BCUT2D eigenvalue weighted by Gasteiger charge is -2.16. The van der Waals surface area contributed by atoms with Crippen LogP contribution in [-0.2, 0) is 16.1 Å². The van der Waals surface area contributed by atoms with Gasteiger partial charge in [-0.3, -0.25) is 4.79 Å². The quantitative estimate of drug-likeness (QED) is 0.707. The van der Waals surface area contributed by atoms with Crippen molar-refractivity contribution < 1.29 is 27.8 Å². The average molecular weight is 358 g/mol. The number of ether oxygens (including phenoxy) is 3. The van der Waals surface area contributed by atoms with Crippen molar-refractivity contribution in [2.24, 2.45) is 5.73 Å². The molecule has 0 radical (unpaired) electrons. The van der Waals surface area contributed by atoms with Gasteiger partial charge in [0.15, 0.2) is 0 Å². The molecule has 0 aromatic heterocycles. The van der Waals surface area contributed by atoms with E-state index in [2.05, 4.69) is 10.1 Å². The molecule has 1 aromatic rings. The molecule has 0 spiro atoms. The minimum atomic E-state index is -2.96. The van der Waals surface area contributed by atoms with E-state index in [1.165, 1.54) is 6.07 Å². The van der Waals surface area contributed by atoms with Crippen molar-refractivity contribution in [3.8, 4) is 11.5 Å². The number of nitrogens with one attached hydrogen (secondary N) is 1. The number of halogens is 2. The highest BCUT2D eigenvalue weighted by Crippen LogP contribution is 2.27. The Labute approximate surface area is 145 Å². The van der Waals surface area contributed by atoms with Crippen molar-refractivity contribution in [1.82, 2.24) is 5.32 Å². The van der Waals surface area contributed by atoms with Gasteiger partial charge in [0.05, 0.1) is 12.7 Å². The highest BCUT2D eigenvalue weighted by molar-refractivity contribution is 5.81. The van der Waals surface area contributed by atoms with E-state index in [0.29, 0.717) is 30.9 Å². The first-order valence-corrected chi connectivity index (χ1v) is 8.37. The lowest BCUT2D eigenvalue weighted by Crippen LogP contribution is -2.35. The second-order valence-electron chi connectivity index (χ2n) is 5.77. The molecule has 3 N–H and O–H groups in total. The van der Waals surface area contributed by atoms with Crippen LogP contribution in [0.15, 0.2) is 18.2 Å². The highest BCUT2D eigenvalue weighted by atomic mass is 19.3. The predicted octanol–water partition coefficient (Wildman–Crippen LogP) is 2.20. The number of alkyl halides is 2. The van der Waals surface area contributed by atoms with Gasteiger partial charge >= 0.3 is 6.61 Å². The summed E-state index contributed by atoms with van der Waals surface area (Å²) in [5.41, 5.74) is 5.96. The summed E-state index contributed by atoms with van der Waals surface area (Å²) in [4.78, 5) is 12.1. The van der Waals surface area contributed by atoms with Crippen LogP contribution in [0.3, 0.4) is 0 Å². The summed E-state index contributed by atoms with van der Waals surface area (Å²) in [6.07, 6.45) is 1.47. The van der Waals surface area contributed by atoms with E-state index in [0.717, 1.165) is 12.8 Å². The van der Waals surface area contributed by atoms with Crippen molar-refractivity contribution in [2.75, 3.05) is 13.2 Å². The minimum absolute atomic E-state index is 0.0175. The van der Waals surface area contributed by atoms with E-state index >= 15 is 0 Å². The van der Waals surface area contributed by atoms with Gasteiger partial charge in [-0.25, -0.2) is 0 Å². The Hall–Kier alpha value is -1.93. The topological polar surface area (TPSA) is 82.8 Å². The van der Waals surface area contributed by atoms with Gasteiger partial charge in [0, 0.05) is 24.7 Å². The number of hydrogen-bond donors (Lipinski definition) is 2. The maximum Gasteiger partial charge on any atom is 0.387 e. The van der Waals surface area contributed by atoms with E-state index in [9.17, 15) is 13.6 Å². The molecule has 1 amide bonds. The second-order valence-corrected chi connectivity index (χ2v) is 5.77. The fraction of sp³-hybridized carbons (Fsp3) is 0.588. The van der Waals surface area contributed by atoms with E-state index < -0.39 is 12.7 Å². The SMILES string of the molecule is CCCOc1ccc(CNC(=O)[C@@H]2CC[C@H](CN)O2)c(OC(F)F)c1. The van der Waals surface area contributed by atoms with Crippen LogP contribution in [0.2, 0.25) is 0 Å². The highest BCUT2D eigenvalue weighted by Gasteiger charge is 2.29. The first-order valence-electron chi connectivity index (χ1n) is 8.37. The van der Waals surface area contributed by atoms with Gasteiger partial charge in [-0.15, -0.1) is 0 Å². The number of amides is 1. The monoisotopic (exact) mass is 358 g/mol. The Balaban J connectivity index is 1.98. The summed E-state index contributed by atoms with van der Waals surface area (Å²) in [5, 5.41) is 2.69. The summed E-state index contributed by atoms with van der Waals surface area (Å²) < 4.78 is 40.7. The molecule has 1 heterocycles. The van der Waals surface area contributed by atoms with Crippen LogP contribution in [0, 0.1) is 0 Å². The summed E-state index contributed by atoms with van der Waals surface area (Å²) in [6.45, 7) is -0.108. The van der Waals surface area contributed by atoms with E-state index in [1.54, 1.807) is 12.1 Å². The van der Waals surface area contributed by atoms with Gasteiger partial charge < -0.3 is 25.3 Å². The Morgan fingerprint density at radius 3 is 2.88 bits per heavy atom. The van der Waals surface area contributed by atoms with Crippen LogP contribution in [0.4, 0.5) is 8.78 Å². The average Bonchev–Trinajstić information content (AvgIpc) is 3.07. The zero-order chi connectivity index (χ0) is 18.2. The largest absolute Gasteiger partial charge is 0.493 e. The standard InChI is InChI=1S/C17H24F2N2O4/c1-2-7-23-12-4-3-11(15(8-12)25-17(18)19)10-21-16(22)14-6-5-13(9-20)24-14/h3-4,8,13-14,17H,2,5-7,9-10,20H2,1H3,(H,21,22)/t13-,14+/m1/s1. The lowest BCUT2D eigenvalue weighted by atomic mass is 10.1. The summed E-state index contributed by atoms with van der Waals surface area (Å²) >= 11 is 0. The van der Waals surface area contributed by atoms with Crippen molar-refractivity contribution in [2.45, 2.75) is 51.6 Å². The third-order valence-electron chi connectivity index (χ3n) is 3.84. The molecule has 1 aliphatic heterocycles. The fourth-order valence-electron chi connectivity index (χ4n) is 2.56. The molecule has 1 saturated heterocycles. The van der Waals surface area contributed by atoms with Crippen LogP contribution in [0.25, 0.3) is 0 Å². The number of rotatable bonds is 9. The molecule has 140 valence electrons. The Bertz CT molecular complexity index is 572. The molecule has 2 atom stereocenters. The van der Waals surface area contributed by atoms with Gasteiger partial charge in [-0.1, -0.05) is 6.92 Å². The Kier molecular flexibility index (Phi) is 7.39. The van der Waals surface area contributed by atoms with Crippen LogP contribution < -0.4 is 20.5 Å². The van der Waals surface area contributed by atoms with Crippen LogP contribution >= 0.6 is 0 Å². The van der Waals surface area contributed by atoms with E-state index in [-0.39, 0.29) is 24.3 Å². The number of carbonyl (C=O) groups is 1. The molecule has 8 heteroatoms. The third kappa shape index (κ3) is 5.82. The van der Waals surface area contributed by atoms with Crippen LogP contribution in [-0.4, -0.2) is 37.9 Å². The second kappa shape index (κ2) is 9.53. The van der Waals surface area contributed by atoms with E-state index in [4.69, 9.17) is 15.2 Å². The van der Waals surface area contributed by atoms with Crippen LogP contribution in [0.1, 0.15) is 31.7 Å². The molecule has 0 unspecified atom stereocenters. The number of carbonyl (C=O) groups excluding carboxylic acids is 1. The normalized spacial score (nSPS) is 19.9. The summed E-state index contributed by atoms with van der Waals surface area (Å²) in [6, 6.07) is 4.66. The Morgan fingerprint density at radius 1 is 1.44 bits per heavy atom. The molecule has 1 aliphatic rings. The molecular weight excluding hydrogens is 334 g/mol. The number of nitrogens with two attached hydrogens (primary N) is 1. The molecule has 25 heavy (non-hydrogen) atoms. The summed E-state index contributed by atoms with van der Waals surface area (Å²) in [7, 11) is 0. The van der Waals surface area contributed by atoms with Crippen molar-refractivity contribution in [3.63, 3.8) is 0 Å². The van der Waals surface area contributed by atoms with E-state index in [1.807, 2.05) is 6.92 Å². The molecule has 0 saturated carbocycles. The molecule has 1 fully saturated rings. The molecular formula is C17H24F2N2O4. The zero-order valence-corrected chi connectivity index (χ0v) is 14.2. The molecule has 1 aromatic carbocycles. The zero-order valence-electron chi connectivity index (χ0n) is 14.2. The van der Waals surface area contributed by atoms with Crippen molar-refractivity contribution in [3.05, 3.63) is 23.8 Å². The van der Waals surface area contributed by atoms with Gasteiger partial charge in [0.1, 0.15) is 17.6 Å². The number of benzene rings is 1. The maximum atomic E-state index is 12.6. The molecule has 6 nitrogen and oxygen atoms in total. The molecule has 0 aliphatic carbocycles. The number of hydrogen-bond acceptors (Lipinski definition) is 5. The van der Waals surface area contributed by atoms with Crippen molar-refractivity contribution in [1.29, 1.82) is 0 Å². The van der Waals surface area contributed by atoms with Gasteiger partial charge in [0.25, 0.3) is 0 Å². The fourth-order valence-corrected chi connectivity index (χ4v) is 2.56. The lowest BCUT2D eigenvalue weighted by molar-refractivity contribution is -0.132. The molecule has 2 rings (SSSR count). The first kappa shape index (κ1) is 19.4. The Morgan fingerprint density at radius 2 is 2.24 bits per heavy atom. The maximum absolute atomic E-state index is 12.6. The smallest absolute Gasteiger partial charge is 0.387 e. The van der Waals surface area contributed by atoms with Crippen molar-refractivity contribution >= 4 is 5.91 Å². The molecule has 0 bridgehead atoms. The van der Waals surface area contributed by atoms with Gasteiger partial charge in [0.2, 0.25) is 5.91 Å². The summed E-state index contributed by atoms with van der Waals surface area (Å²) in [5.74, 6) is 0.138.